The van der Waals surface area contributed by atoms with Gasteiger partial charge in [-0.1, -0.05) is 30.3 Å². The smallest absolute Gasteiger partial charge is 0.356 e. The average molecular weight is 345 g/mol. The number of hydrogen-bond donors (Lipinski definition) is 2. The highest BCUT2D eigenvalue weighted by atomic mass is 16.5. The number of esters is 1. The molecule has 4 aromatic rings. The first-order valence-corrected chi connectivity index (χ1v) is 8.61. The quantitative estimate of drug-likeness (QED) is 0.523. The lowest BCUT2D eigenvalue weighted by Crippen LogP contribution is -2.06. The molecule has 4 rings (SSSR count). The van der Waals surface area contributed by atoms with Crippen molar-refractivity contribution in [2.75, 3.05) is 11.9 Å². The predicted octanol–water partition coefficient (Wildman–Crippen LogP) is 4.50. The lowest BCUT2D eigenvalue weighted by atomic mass is 10.1. The van der Waals surface area contributed by atoms with Gasteiger partial charge in [0.25, 0.3) is 0 Å². The van der Waals surface area contributed by atoms with Gasteiger partial charge in [0.05, 0.1) is 18.3 Å². The van der Waals surface area contributed by atoms with E-state index >= 15 is 0 Å². The van der Waals surface area contributed by atoms with Crippen LogP contribution in [0.15, 0.2) is 60.8 Å². The number of rotatable bonds is 5. The Labute approximate surface area is 151 Å². The zero-order valence-corrected chi connectivity index (χ0v) is 14.5. The summed E-state index contributed by atoms with van der Waals surface area (Å²) in [7, 11) is 0. The molecule has 2 heterocycles. The Balaban J connectivity index is 1.68. The molecule has 0 aliphatic carbocycles. The van der Waals surface area contributed by atoms with Crippen molar-refractivity contribution in [3.63, 3.8) is 0 Å². The average Bonchev–Trinajstić information content (AvgIpc) is 3.04. The molecule has 2 N–H and O–H groups in total. The van der Waals surface area contributed by atoms with Crippen molar-refractivity contribution in [1.82, 2.24) is 9.97 Å². The molecule has 0 aliphatic rings. The molecule has 0 radical (unpaired) electrons. The van der Waals surface area contributed by atoms with E-state index in [0.29, 0.717) is 12.3 Å². The van der Waals surface area contributed by atoms with Crippen LogP contribution in [0.1, 0.15) is 23.0 Å². The van der Waals surface area contributed by atoms with E-state index in [1.807, 2.05) is 30.3 Å². The highest BCUT2D eigenvalue weighted by molar-refractivity contribution is 6.09. The van der Waals surface area contributed by atoms with Gasteiger partial charge in [0, 0.05) is 28.5 Å². The Morgan fingerprint density at radius 1 is 1.08 bits per heavy atom. The minimum absolute atomic E-state index is 0.322. The van der Waals surface area contributed by atoms with E-state index in [1.54, 1.807) is 19.2 Å². The number of pyridine rings is 1. The summed E-state index contributed by atoms with van der Waals surface area (Å²) >= 11 is 0. The Morgan fingerprint density at radius 2 is 1.88 bits per heavy atom. The second kappa shape index (κ2) is 6.88. The van der Waals surface area contributed by atoms with E-state index in [9.17, 15) is 4.79 Å². The van der Waals surface area contributed by atoms with Gasteiger partial charge >= 0.3 is 5.97 Å². The van der Waals surface area contributed by atoms with Crippen molar-refractivity contribution in [1.29, 1.82) is 0 Å². The maximum absolute atomic E-state index is 12.0. The monoisotopic (exact) mass is 345 g/mol. The molecular weight excluding hydrogens is 326 g/mol. The first-order valence-electron chi connectivity index (χ1n) is 8.61. The van der Waals surface area contributed by atoms with Gasteiger partial charge in [-0.3, -0.25) is 0 Å². The van der Waals surface area contributed by atoms with E-state index in [0.717, 1.165) is 34.0 Å². The van der Waals surface area contributed by atoms with Crippen molar-refractivity contribution >= 4 is 33.5 Å². The molecule has 5 nitrogen and oxygen atoms in total. The number of carbonyl (C=O) groups is 1. The summed E-state index contributed by atoms with van der Waals surface area (Å²) < 4.78 is 5.05. The van der Waals surface area contributed by atoms with Crippen LogP contribution in [0.4, 0.5) is 5.69 Å². The Bertz CT molecular complexity index is 1070. The number of aromatic amines is 1. The summed E-state index contributed by atoms with van der Waals surface area (Å²) in [6.07, 6.45) is 1.68. The molecule has 2 aromatic heterocycles. The van der Waals surface area contributed by atoms with Gasteiger partial charge in [0.15, 0.2) is 0 Å². The number of hydrogen-bond acceptors (Lipinski definition) is 4. The fourth-order valence-corrected chi connectivity index (χ4v) is 3.03. The zero-order valence-electron chi connectivity index (χ0n) is 14.5. The summed E-state index contributed by atoms with van der Waals surface area (Å²) in [5.41, 5.74) is 4.47. The number of anilines is 1. The second-order valence-electron chi connectivity index (χ2n) is 6.06. The van der Waals surface area contributed by atoms with Crippen LogP contribution in [-0.4, -0.2) is 22.5 Å². The molecule has 0 saturated carbocycles. The van der Waals surface area contributed by atoms with E-state index < -0.39 is 5.97 Å². The molecule has 0 spiro atoms. The third-order valence-corrected chi connectivity index (χ3v) is 4.31. The highest BCUT2D eigenvalue weighted by Crippen LogP contribution is 2.28. The number of aromatic nitrogens is 2. The molecule has 0 bridgehead atoms. The Kier molecular flexibility index (Phi) is 4.27. The zero-order chi connectivity index (χ0) is 17.9. The van der Waals surface area contributed by atoms with Gasteiger partial charge in [-0.05, 0) is 36.8 Å². The molecule has 0 atom stereocenters. The van der Waals surface area contributed by atoms with Crippen LogP contribution in [0.3, 0.4) is 0 Å². The highest BCUT2D eigenvalue weighted by Gasteiger charge is 2.12. The number of nitrogens with zero attached hydrogens (tertiary/aromatic N) is 1. The second-order valence-corrected chi connectivity index (χ2v) is 6.06. The number of H-pyrrole nitrogens is 1. The van der Waals surface area contributed by atoms with Gasteiger partial charge in [0.1, 0.15) is 5.69 Å². The fourth-order valence-electron chi connectivity index (χ4n) is 3.03. The maximum Gasteiger partial charge on any atom is 0.356 e. The fraction of sp³-hybridized carbons (Fsp3) is 0.143. The number of nitrogens with one attached hydrogen (secondary N) is 2. The number of benzene rings is 2. The van der Waals surface area contributed by atoms with E-state index in [2.05, 4.69) is 33.5 Å². The van der Waals surface area contributed by atoms with Crippen LogP contribution in [0.2, 0.25) is 0 Å². The molecule has 2 aromatic carbocycles. The van der Waals surface area contributed by atoms with E-state index in [-0.39, 0.29) is 0 Å². The molecule has 0 fully saturated rings. The van der Waals surface area contributed by atoms with Crippen LogP contribution in [0.25, 0.3) is 21.8 Å². The third-order valence-electron chi connectivity index (χ3n) is 4.31. The number of ether oxygens (including phenoxy) is 1. The van der Waals surface area contributed by atoms with Gasteiger partial charge in [-0.2, -0.15) is 0 Å². The maximum atomic E-state index is 12.0. The van der Waals surface area contributed by atoms with Crippen molar-refractivity contribution < 1.29 is 9.53 Å². The van der Waals surface area contributed by atoms with Gasteiger partial charge in [0.2, 0.25) is 0 Å². The van der Waals surface area contributed by atoms with Crippen LogP contribution in [0, 0.1) is 0 Å². The van der Waals surface area contributed by atoms with Gasteiger partial charge < -0.3 is 15.0 Å². The summed E-state index contributed by atoms with van der Waals surface area (Å²) in [5, 5.41) is 5.45. The Hall–Kier alpha value is -3.34. The van der Waals surface area contributed by atoms with Crippen molar-refractivity contribution in [2.24, 2.45) is 0 Å². The third kappa shape index (κ3) is 3.11. The Morgan fingerprint density at radius 3 is 2.69 bits per heavy atom. The van der Waals surface area contributed by atoms with Crippen molar-refractivity contribution in [2.45, 2.75) is 13.5 Å². The molecule has 0 unspecified atom stereocenters. The molecule has 0 saturated heterocycles. The summed E-state index contributed by atoms with van der Waals surface area (Å²) in [6, 6.07) is 18.2. The van der Waals surface area contributed by atoms with Crippen LogP contribution < -0.4 is 5.32 Å². The molecule has 26 heavy (non-hydrogen) atoms. The summed E-state index contributed by atoms with van der Waals surface area (Å²) in [6.45, 7) is 2.87. The lowest BCUT2D eigenvalue weighted by molar-refractivity contribution is 0.0520. The predicted molar refractivity (Wildman–Crippen MR) is 103 cm³/mol. The molecule has 5 heteroatoms. The van der Waals surface area contributed by atoms with Gasteiger partial charge in [-0.15, -0.1) is 0 Å². The standard InChI is InChI=1S/C21H19N3O2/c1-2-26-21(25)19-11-17-16-10-15(22-12-14-6-4-3-5-7-14)8-9-18(16)24-20(17)13-23-19/h3-11,13,22,24H,2,12H2,1H3. The summed E-state index contributed by atoms with van der Waals surface area (Å²) in [5.74, 6) is -0.401. The SMILES string of the molecule is CCOC(=O)c1cc2c(cn1)[nH]c1ccc(NCc3ccccc3)cc12. The van der Waals surface area contributed by atoms with Crippen molar-refractivity contribution in [3.8, 4) is 0 Å². The van der Waals surface area contributed by atoms with E-state index in [4.69, 9.17) is 4.74 Å². The van der Waals surface area contributed by atoms with Crippen LogP contribution in [0.5, 0.6) is 0 Å². The van der Waals surface area contributed by atoms with Crippen molar-refractivity contribution in [3.05, 3.63) is 72.1 Å². The molecule has 0 aliphatic heterocycles. The largest absolute Gasteiger partial charge is 0.461 e. The van der Waals surface area contributed by atoms with Gasteiger partial charge in [-0.25, -0.2) is 9.78 Å². The molecular formula is C21H19N3O2. The van der Waals surface area contributed by atoms with Crippen LogP contribution in [-0.2, 0) is 11.3 Å². The first kappa shape index (κ1) is 16.1. The minimum Gasteiger partial charge on any atom is -0.461 e. The molecule has 0 amide bonds. The summed E-state index contributed by atoms with van der Waals surface area (Å²) in [4.78, 5) is 19.5. The number of carbonyl (C=O) groups excluding carboxylic acids is 1. The topological polar surface area (TPSA) is 67.0 Å². The first-order chi connectivity index (χ1) is 12.7. The minimum atomic E-state index is -0.401. The lowest BCUT2D eigenvalue weighted by Gasteiger charge is -2.07. The molecule has 130 valence electrons. The number of fused-ring (bicyclic) bond motifs is 3. The van der Waals surface area contributed by atoms with Crippen LogP contribution >= 0.6 is 0 Å². The normalized spacial score (nSPS) is 11.0. The van der Waals surface area contributed by atoms with E-state index in [1.165, 1.54) is 5.56 Å².